The van der Waals surface area contributed by atoms with Crippen LogP contribution in [-0.2, 0) is 49.0 Å². The van der Waals surface area contributed by atoms with Gasteiger partial charge in [-0.2, -0.15) is 0 Å². The molecule has 0 radical (unpaired) electrons. The Morgan fingerprint density at radius 1 is 0.775 bits per heavy atom. The largest absolute Gasteiger partial charge is 0.464 e. The number of thiol groups is 1. The number of carbonyl (C=O) groups is 4. The molecule has 40 heavy (non-hydrogen) atoms. The summed E-state index contributed by atoms with van der Waals surface area (Å²) < 4.78 is 46.8. The minimum absolute atomic E-state index is 0.107. The number of piperidine rings is 1. The predicted octanol–water partition coefficient (Wildman–Crippen LogP) is 2.00. The molecule has 2 fully saturated rings. The summed E-state index contributed by atoms with van der Waals surface area (Å²) in [5.74, 6) is -1.89. The summed E-state index contributed by atoms with van der Waals surface area (Å²) in [5.41, 5.74) is 0. The van der Waals surface area contributed by atoms with Crippen molar-refractivity contribution >= 4 is 34.8 Å². The standard InChI is InChI=1S/C27H46N2O10S/c1-19(30)36-18-24-26(38-21(3)32)27(39-22(4)33)25(37-20(2)31)17-28(24)14-10-5-6-11-15-29(40(34)35)16-23-12-8-7-9-13-23/h23-27,40H,5-18H2,1-4H3/t24-,25+,26-,27-/m1/s1. The maximum absolute atomic E-state index is 12.0. The van der Waals surface area contributed by atoms with E-state index < -0.39 is 59.1 Å². The SMILES string of the molecule is CC(=O)OC[C@@H]1[C@@H](OC(C)=O)[C@H](OC(C)=O)[C@@H](OC(C)=O)CN1CCCCCCN(CC1CCCCC1)[SH](=O)=O. The average molecular weight is 591 g/mol. The van der Waals surface area contributed by atoms with Crippen molar-refractivity contribution in [1.82, 2.24) is 9.21 Å². The number of hydrogen-bond acceptors (Lipinski definition) is 11. The Morgan fingerprint density at radius 3 is 1.95 bits per heavy atom. The van der Waals surface area contributed by atoms with Crippen LogP contribution in [0.4, 0.5) is 0 Å². The second-order valence-corrected chi connectivity index (χ2v) is 11.8. The van der Waals surface area contributed by atoms with Crippen molar-refractivity contribution in [2.75, 3.05) is 32.8 Å². The summed E-state index contributed by atoms with van der Waals surface area (Å²) in [6.45, 7) is 6.64. The first-order valence-corrected chi connectivity index (χ1v) is 15.4. The van der Waals surface area contributed by atoms with E-state index in [0.717, 1.165) is 38.5 Å². The summed E-state index contributed by atoms with van der Waals surface area (Å²) >= 11 is 0. The zero-order chi connectivity index (χ0) is 29.7. The van der Waals surface area contributed by atoms with Crippen molar-refractivity contribution in [1.29, 1.82) is 0 Å². The number of likely N-dealkylation sites (tertiary alicyclic amines) is 1. The Kier molecular flexibility index (Phi) is 14.9. The van der Waals surface area contributed by atoms with Gasteiger partial charge in [0.05, 0.1) is 6.04 Å². The number of nitrogens with zero attached hydrogens (tertiary/aromatic N) is 2. The maximum Gasteiger partial charge on any atom is 0.303 e. The van der Waals surface area contributed by atoms with Crippen LogP contribution in [0.1, 0.15) is 85.5 Å². The van der Waals surface area contributed by atoms with Crippen LogP contribution in [0.5, 0.6) is 0 Å². The molecule has 0 unspecified atom stereocenters. The first-order chi connectivity index (χ1) is 19.0. The van der Waals surface area contributed by atoms with Gasteiger partial charge in [-0.05, 0) is 38.1 Å². The highest BCUT2D eigenvalue weighted by Crippen LogP contribution is 2.28. The van der Waals surface area contributed by atoms with E-state index in [-0.39, 0.29) is 13.2 Å². The van der Waals surface area contributed by atoms with Crippen molar-refractivity contribution in [3.8, 4) is 0 Å². The molecule has 1 aliphatic heterocycles. The van der Waals surface area contributed by atoms with Crippen LogP contribution in [0.15, 0.2) is 0 Å². The second kappa shape index (κ2) is 17.5. The van der Waals surface area contributed by atoms with Crippen molar-refractivity contribution in [3.63, 3.8) is 0 Å². The number of unbranched alkanes of at least 4 members (excludes halogenated alkanes) is 3. The van der Waals surface area contributed by atoms with Gasteiger partial charge >= 0.3 is 23.9 Å². The van der Waals surface area contributed by atoms with Gasteiger partial charge in [-0.3, -0.25) is 24.1 Å². The lowest BCUT2D eigenvalue weighted by Gasteiger charge is -2.46. The minimum Gasteiger partial charge on any atom is -0.464 e. The van der Waals surface area contributed by atoms with Crippen LogP contribution >= 0.6 is 0 Å². The van der Waals surface area contributed by atoms with E-state index in [1.807, 2.05) is 4.90 Å². The van der Waals surface area contributed by atoms with Crippen molar-refractivity contribution in [3.05, 3.63) is 0 Å². The van der Waals surface area contributed by atoms with Crippen LogP contribution < -0.4 is 0 Å². The lowest BCUT2D eigenvalue weighted by atomic mass is 9.89. The van der Waals surface area contributed by atoms with E-state index >= 15 is 0 Å². The number of esters is 4. The number of carbonyl (C=O) groups excluding carboxylic acids is 4. The first-order valence-electron chi connectivity index (χ1n) is 14.3. The fraction of sp³-hybridized carbons (Fsp3) is 0.852. The topological polar surface area (TPSA) is 146 Å². The molecule has 2 rings (SSSR count). The highest BCUT2D eigenvalue weighted by atomic mass is 32.2. The molecule has 12 nitrogen and oxygen atoms in total. The summed E-state index contributed by atoms with van der Waals surface area (Å²) in [6.07, 6.45) is 5.86. The predicted molar refractivity (Wildman–Crippen MR) is 146 cm³/mol. The zero-order valence-electron chi connectivity index (χ0n) is 24.2. The van der Waals surface area contributed by atoms with E-state index in [9.17, 15) is 27.6 Å². The Hall–Kier alpha value is -2.25. The number of ether oxygens (including phenoxy) is 4. The van der Waals surface area contributed by atoms with E-state index in [2.05, 4.69) is 0 Å². The van der Waals surface area contributed by atoms with E-state index in [1.54, 1.807) is 4.31 Å². The van der Waals surface area contributed by atoms with E-state index in [0.29, 0.717) is 25.6 Å². The molecular weight excluding hydrogens is 544 g/mol. The van der Waals surface area contributed by atoms with Crippen molar-refractivity contribution < 1.29 is 46.5 Å². The Morgan fingerprint density at radius 2 is 1.38 bits per heavy atom. The molecule has 0 aromatic heterocycles. The van der Waals surface area contributed by atoms with Gasteiger partial charge in [-0.15, -0.1) is 0 Å². The molecule has 0 bridgehead atoms. The molecule has 230 valence electrons. The van der Waals surface area contributed by atoms with Gasteiger partial charge in [0.15, 0.2) is 18.3 Å². The molecule has 1 heterocycles. The van der Waals surface area contributed by atoms with Crippen LogP contribution in [-0.4, -0.2) is 98.6 Å². The summed E-state index contributed by atoms with van der Waals surface area (Å²) in [7, 11) is -2.61. The number of rotatable bonds is 15. The third-order valence-electron chi connectivity index (χ3n) is 7.37. The molecule has 13 heteroatoms. The van der Waals surface area contributed by atoms with Crippen molar-refractivity contribution in [2.24, 2.45) is 5.92 Å². The van der Waals surface area contributed by atoms with Gasteiger partial charge in [0.1, 0.15) is 6.61 Å². The van der Waals surface area contributed by atoms with Crippen molar-refractivity contribution in [2.45, 2.75) is 110 Å². The normalized spacial score (nSPS) is 24.1. The van der Waals surface area contributed by atoms with Gasteiger partial charge < -0.3 is 18.9 Å². The highest BCUT2D eigenvalue weighted by Gasteiger charge is 2.49. The minimum atomic E-state index is -2.61. The third kappa shape index (κ3) is 12.1. The second-order valence-electron chi connectivity index (χ2n) is 10.7. The molecule has 1 aliphatic carbocycles. The molecule has 4 atom stereocenters. The Labute approximate surface area is 239 Å². The van der Waals surface area contributed by atoms with Gasteiger partial charge in [-0.25, -0.2) is 12.7 Å². The molecule has 0 N–H and O–H groups in total. The summed E-state index contributed by atoms with van der Waals surface area (Å²) in [4.78, 5) is 49.2. The lowest BCUT2D eigenvalue weighted by molar-refractivity contribution is -0.207. The molecule has 0 aromatic carbocycles. The number of hydrogen-bond donors (Lipinski definition) is 1. The molecule has 0 aromatic rings. The summed E-state index contributed by atoms with van der Waals surface area (Å²) in [6, 6.07) is -0.626. The molecule has 0 spiro atoms. The summed E-state index contributed by atoms with van der Waals surface area (Å²) in [5, 5.41) is 0. The third-order valence-corrected chi connectivity index (χ3v) is 8.19. The van der Waals surface area contributed by atoms with Gasteiger partial charge in [0, 0.05) is 47.3 Å². The Balaban J connectivity index is 2.02. The Bertz CT molecular complexity index is 913. The molecule has 2 aliphatic rings. The fourth-order valence-corrected chi connectivity index (χ4v) is 6.30. The fourth-order valence-electron chi connectivity index (χ4n) is 5.63. The van der Waals surface area contributed by atoms with Crippen LogP contribution in [0.25, 0.3) is 0 Å². The molecule has 0 amide bonds. The zero-order valence-corrected chi connectivity index (χ0v) is 25.1. The van der Waals surface area contributed by atoms with Crippen LogP contribution in [0.2, 0.25) is 0 Å². The van der Waals surface area contributed by atoms with Gasteiger partial charge in [0.25, 0.3) is 0 Å². The molecule has 1 saturated heterocycles. The first kappa shape index (κ1) is 34.0. The van der Waals surface area contributed by atoms with E-state index in [1.165, 1.54) is 47.0 Å². The molecular formula is C27H46N2O10S. The average Bonchev–Trinajstić information content (AvgIpc) is 2.86. The highest BCUT2D eigenvalue weighted by molar-refractivity contribution is 7.69. The molecule has 1 saturated carbocycles. The monoisotopic (exact) mass is 590 g/mol. The van der Waals surface area contributed by atoms with Crippen LogP contribution in [0.3, 0.4) is 0 Å². The van der Waals surface area contributed by atoms with E-state index in [4.69, 9.17) is 18.9 Å². The quantitative estimate of drug-likeness (QED) is 0.129. The smallest absolute Gasteiger partial charge is 0.303 e. The van der Waals surface area contributed by atoms with Crippen LogP contribution in [0, 0.1) is 5.92 Å². The maximum atomic E-state index is 12.0. The van der Waals surface area contributed by atoms with Gasteiger partial charge in [-0.1, -0.05) is 32.1 Å². The van der Waals surface area contributed by atoms with Gasteiger partial charge in [0.2, 0.25) is 10.9 Å². The lowest BCUT2D eigenvalue weighted by Crippen LogP contribution is -2.65.